The van der Waals surface area contributed by atoms with E-state index >= 15 is 0 Å². The minimum Gasteiger partial charge on any atom is -0.314 e. The Morgan fingerprint density at radius 1 is 1.19 bits per heavy atom. The smallest absolute Gasteiger partial charge is 0.244 e. The zero-order valence-corrected chi connectivity index (χ0v) is 13.5. The van der Waals surface area contributed by atoms with E-state index in [1.165, 1.54) is 12.8 Å². The lowest BCUT2D eigenvalue weighted by Crippen LogP contribution is -2.26. The zero-order chi connectivity index (χ0) is 15.0. The van der Waals surface area contributed by atoms with Crippen LogP contribution in [0.3, 0.4) is 0 Å². The van der Waals surface area contributed by atoms with E-state index in [0.29, 0.717) is 16.6 Å². The van der Waals surface area contributed by atoms with Crippen LogP contribution in [0.5, 0.6) is 0 Å². The van der Waals surface area contributed by atoms with Crippen molar-refractivity contribution in [3.05, 3.63) is 11.4 Å². The molecule has 1 aromatic rings. The van der Waals surface area contributed by atoms with Crippen LogP contribution < -0.4 is 10.0 Å². The van der Waals surface area contributed by atoms with Crippen molar-refractivity contribution >= 4 is 10.0 Å². The van der Waals surface area contributed by atoms with Crippen LogP contribution in [0.15, 0.2) is 4.90 Å². The van der Waals surface area contributed by atoms with E-state index in [4.69, 9.17) is 0 Å². The summed E-state index contributed by atoms with van der Waals surface area (Å²) >= 11 is 0. The van der Waals surface area contributed by atoms with E-state index in [1.807, 2.05) is 11.6 Å². The Morgan fingerprint density at radius 2 is 1.86 bits per heavy atom. The van der Waals surface area contributed by atoms with Crippen LogP contribution in [-0.2, 0) is 16.6 Å². The van der Waals surface area contributed by atoms with Crippen molar-refractivity contribution in [1.82, 2.24) is 19.8 Å². The standard InChI is InChI=1S/C14H24N4O2S/c1-10-14(21(19,20)17-13-6-7-13)11(2)18(16-10)9-3-8-15-12-4-5-12/h12-13,15,17H,3-9H2,1-2H3. The van der Waals surface area contributed by atoms with Crippen LogP contribution in [0.25, 0.3) is 0 Å². The van der Waals surface area contributed by atoms with Crippen LogP contribution >= 0.6 is 0 Å². The molecule has 0 spiro atoms. The number of nitrogens with zero attached hydrogens (tertiary/aromatic N) is 2. The van der Waals surface area contributed by atoms with Gasteiger partial charge in [-0.2, -0.15) is 5.10 Å². The van der Waals surface area contributed by atoms with E-state index in [2.05, 4.69) is 15.1 Å². The summed E-state index contributed by atoms with van der Waals surface area (Å²) in [6.07, 6.45) is 5.43. The monoisotopic (exact) mass is 312 g/mol. The van der Waals surface area contributed by atoms with Gasteiger partial charge < -0.3 is 5.32 Å². The molecular weight excluding hydrogens is 288 g/mol. The van der Waals surface area contributed by atoms with Gasteiger partial charge in [-0.25, -0.2) is 13.1 Å². The van der Waals surface area contributed by atoms with Crippen molar-refractivity contribution in [2.24, 2.45) is 0 Å². The molecule has 2 fully saturated rings. The highest BCUT2D eigenvalue weighted by molar-refractivity contribution is 7.89. The van der Waals surface area contributed by atoms with Gasteiger partial charge in [-0.15, -0.1) is 0 Å². The van der Waals surface area contributed by atoms with Gasteiger partial charge in [-0.05, 0) is 52.5 Å². The van der Waals surface area contributed by atoms with E-state index in [0.717, 1.165) is 38.0 Å². The summed E-state index contributed by atoms with van der Waals surface area (Å²) in [5.41, 5.74) is 1.34. The van der Waals surface area contributed by atoms with Crippen molar-refractivity contribution < 1.29 is 8.42 Å². The number of aryl methyl sites for hydroxylation is 2. The number of aromatic nitrogens is 2. The summed E-state index contributed by atoms with van der Waals surface area (Å²) < 4.78 is 29.3. The highest BCUT2D eigenvalue weighted by Crippen LogP contribution is 2.25. The lowest BCUT2D eigenvalue weighted by Gasteiger charge is -2.07. The van der Waals surface area contributed by atoms with Crippen LogP contribution in [0.2, 0.25) is 0 Å². The molecule has 1 heterocycles. The van der Waals surface area contributed by atoms with Gasteiger partial charge in [0, 0.05) is 18.6 Å². The molecule has 1 aromatic heterocycles. The largest absolute Gasteiger partial charge is 0.314 e. The second kappa shape index (κ2) is 5.70. The molecule has 118 valence electrons. The maximum absolute atomic E-state index is 12.4. The molecule has 2 aliphatic carbocycles. The van der Waals surface area contributed by atoms with E-state index in [-0.39, 0.29) is 6.04 Å². The molecule has 7 heteroatoms. The van der Waals surface area contributed by atoms with Crippen molar-refractivity contribution in [3.63, 3.8) is 0 Å². The topological polar surface area (TPSA) is 76.0 Å². The molecule has 6 nitrogen and oxygen atoms in total. The van der Waals surface area contributed by atoms with E-state index in [9.17, 15) is 8.42 Å². The zero-order valence-electron chi connectivity index (χ0n) is 12.7. The molecular formula is C14H24N4O2S. The number of nitrogens with one attached hydrogen (secondary N) is 2. The number of hydrogen-bond acceptors (Lipinski definition) is 4. The molecule has 0 radical (unpaired) electrons. The van der Waals surface area contributed by atoms with Crippen LogP contribution in [-0.4, -0.2) is 36.8 Å². The highest BCUT2D eigenvalue weighted by atomic mass is 32.2. The summed E-state index contributed by atoms with van der Waals surface area (Å²) in [4.78, 5) is 0.365. The van der Waals surface area contributed by atoms with E-state index < -0.39 is 10.0 Å². The van der Waals surface area contributed by atoms with Crippen molar-refractivity contribution in [2.75, 3.05) is 6.54 Å². The van der Waals surface area contributed by atoms with Gasteiger partial charge in [0.05, 0.1) is 11.4 Å². The molecule has 0 unspecified atom stereocenters. The summed E-state index contributed by atoms with van der Waals surface area (Å²) in [6.45, 7) is 5.33. The fourth-order valence-electron chi connectivity index (χ4n) is 2.59. The Kier molecular flexibility index (Phi) is 4.07. The van der Waals surface area contributed by atoms with E-state index in [1.54, 1.807) is 6.92 Å². The first-order chi connectivity index (χ1) is 9.97. The number of rotatable bonds is 8. The summed E-state index contributed by atoms with van der Waals surface area (Å²) in [5.74, 6) is 0. The molecule has 2 N–H and O–H groups in total. The average Bonchev–Trinajstić information content (AvgIpc) is 3.28. The third-order valence-corrected chi connectivity index (χ3v) is 5.81. The molecule has 0 bridgehead atoms. The van der Waals surface area contributed by atoms with Crippen LogP contribution in [0.4, 0.5) is 0 Å². The van der Waals surface area contributed by atoms with Crippen molar-refractivity contribution in [2.45, 2.75) is 69.5 Å². The number of hydrogen-bond donors (Lipinski definition) is 2. The lowest BCUT2D eigenvalue weighted by molar-refractivity contribution is 0.529. The minimum atomic E-state index is -3.42. The average molecular weight is 312 g/mol. The molecule has 0 amide bonds. The minimum absolute atomic E-state index is 0.125. The summed E-state index contributed by atoms with van der Waals surface area (Å²) in [6, 6.07) is 0.837. The third kappa shape index (κ3) is 3.64. The normalized spacial score (nSPS) is 19.1. The molecule has 2 aliphatic rings. The molecule has 3 rings (SSSR count). The highest BCUT2D eigenvalue weighted by Gasteiger charge is 2.31. The third-order valence-electron chi connectivity index (χ3n) is 4.04. The van der Waals surface area contributed by atoms with Gasteiger partial charge in [-0.1, -0.05) is 0 Å². The van der Waals surface area contributed by atoms with Gasteiger partial charge in [0.25, 0.3) is 0 Å². The Morgan fingerprint density at radius 3 is 2.48 bits per heavy atom. The quantitative estimate of drug-likeness (QED) is 0.704. The number of sulfonamides is 1. The Hall–Kier alpha value is -0.920. The van der Waals surface area contributed by atoms with Gasteiger partial charge in [0.15, 0.2) is 0 Å². The van der Waals surface area contributed by atoms with Crippen LogP contribution in [0, 0.1) is 13.8 Å². The molecule has 0 aromatic carbocycles. The predicted octanol–water partition coefficient (Wildman–Crippen LogP) is 1.08. The SMILES string of the molecule is Cc1nn(CCCNC2CC2)c(C)c1S(=O)(=O)NC1CC1. The molecule has 2 saturated carbocycles. The first-order valence-electron chi connectivity index (χ1n) is 7.77. The van der Waals surface area contributed by atoms with Gasteiger partial charge in [0.2, 0.25) is 10.0 Å². The van der Waals surface area contributed by atoms with Gasteiger partial charge in [0.1, 0.15) is 4.90 Å². The lowest BCUT2D eigenvalue weighted by atomic mass is 10.3. The fraction of sp³-hybridized carbons (Fsp3) is 0.786. The Labute approximate surface area is 126 Å². The first kappa shape index (κ1) is 15.0. The molecule has 0 aliphatic heterocycles. The maximum atomic E-state index is 12.4. The first-order valence-corrected chi connectivity index (χ1v) is 9.25. The van der Waals surface area contributed by atoms with Gasteiger partial charge in [-0.3, -0.25) is 4.68 Å². The second-order valence-corrected chi connectivity index (χ2v) is 7.85. The fourth-order valence-corrected chi connectivity index (χ4v) is 4.31. The van der Waals surface area contributed by atoms with Gasteiger partial charge >= 0.3 is 0 Å². The van der Waals surface area contributed by atoms with Crippen LogP contribution in [0.1, 0.15) is 43.5 Å². The molecule has 0 saturated heterocycles. The molecule has 0 atom stereocenters. The molecule has 21 heavy (non-hydrogen) atoms. The summed E-state index contributed by atoms with van der Waals surface area (Å²) in [5, 5.41) is 7.87. The Balaban J connectivity index is 1.66. The van der Waals surface area contributed by atoms with Crippen molar-refractivity contribution in [3.8, 4) is 0 Å². The Bertz CT molecular complexity index is 615. The summed E-state index contributed by atoms with van der Waals surface area (Å²) in [7, 11) is -3.42. The second-order valence-electron chi connectivity index (χ2n) is 6.20. The van der Waals surface area contributed by atoms with Crippen molar-refractivity contribution in [1.29, 1.82) is 0 Å². The predicted molar refractivity (Wildman–Crippen MR) is 80.7 cm³/mol. The maximum Gasteiger partial charge on any atom is 0.244 e.